The Morgan fingerprint density at radius 2 is 1.59 bits per heavy atom. The molecule has 3 aromatic rings. The number of hydrogen-bond donors (Lipinski definition) is 0. The summed E-state index contributed by atoms with van der Waals surface area (Å²) >= 11 is 0. The Hall–Kier alpha value is -3.23. The molecule has 0 spiro atoms. The standard InChI is InChI=1S/C26H26FNO5S/c27-23-13-11-21(12-14-23)25-15-16-28(26(29)32-18-20-7-3-1-4-8-20)17-22(25)19-33-34(30,31)24-9-5-2-6-10-24/h1-14,22,25H,15-19H2/t22-,25-/m1/s1. The van der Waals surface area contributed by atoms with Gasteiger partial charge < -0.3 is 9.64 Å². The molecule has 6 nitrogen and oxygen atoms in total. The lowest BCUT2D eigenvalue weighted by molar-refractivity contribution is 0.0650. The summed E-state index contributed by atoms with van der Waals surface area (Å²) in [4.78, 5) is 14.4. The Labute approximate surface area is 199 Å². The van der Waals surface area contributed by atoms with Gasteiger partial charge in [-0.15, -0.1) is 0 Å². The maximum absolute atomic E-state index is 13.5. The third-order valence-corrected chi connectivity index (χ3v) is 7.26. The summed E-state index contributed by atoms with van der Waals surface area (Å²) in [7, 11) is -3.95. The summed E-state index contributed by atoms with van der Waals surface area (Å²) in [6.45, 7) is 0.750. The summed E-state index contributed by atoms with van der Waals surface area (Å²) in [5.74, 6) is -0.753. The second kappa shape index (κ2) is 10.8. The fourth-order valence-electron chi connectivity index (χ4n) is 4.16. The number of likely N-dealkylation sites (tertiary alicyclic amines) is 1. The van der Waals surface area contributed by atoms with E-state index in [4.69, 9.17) is 8.92 Å². The number of piperidine rings is 1. The van der Waals surface area contributed by atoms with Crippen molar-refractivity contribution in [3.63, 3.8) is 0 Å². The van der Waals surface area contributed by atoms with Crippen LogP contribution in [0, 0.1) is 11.7 Å². The zero-order valence-corrected chi connectivity index (χ0v) is 19.4. The third-order valence-electron chi connectivity index (χ3n) is 5.96. The van der Waals surface area contributed by atoms with Crippen LogP contribution in [0.3, 0.4) is 0 Å². The highest BCUT2D eigenvalue weighted by atomic mass is 32.2. The smallest absolute Gasteiger partial charge is 0.410 e. The van der Waals surface area contributed by atoms with Crippen LogP contribution < -0.4 is 0 Å². The van der Waals surface area contributed by atoms with E-state index in [2.05, 4.69) is 0 Å². The fourth-order valence-corrected chi connectivity index (χ4v) is 5.14. The Bertz CT molecular complexity index is 1190. The molecule has 8 heteroatoms. The SMILES string of the molecule is O=C(OCc1ccccc1)N1CC[C@H](c2ccc(F)cc2)[C@@H](COS(=O)(=O)c2ccccc2)C1. The molecule has 2 atom stereocenters. The van der Waals surface area contributed by atoms with Crippen LogP contribution in [0.1, 0.15) is 23.5 Å². The van der Waals surface area contributed by atoms with Crippen molar-refractivity contribution in [1.29, 1.82) is 0 Å². The van der Waals surface area contributed by atoms with Gasteiger partial charge in [-0.05, 0) is 47.7 Å². The van der Waals surface area contributed by atoms with Crippen LogP contribution in [0.4, 0.5) is 9.18 Å². The van der Waals surface area contributed by atoms with E-state index in [-0.39, 0.29) is 42.3 Å². The summed E-state index contributed by atoms with van der Waals surface area (Å²) in [5, 5.41) is 0. The first kappa shape index (κ1) is 23.9. The number of amides is 1. The Balaban J connectivity index is 1.47. The molecule has 1 fully saturated rings. The van der Waals surface area contributed by atoms with Gasteiger partial charge in [0.05, 0.1) is 11.5 Å². The van der Waals surface area contributed by atoms with Gasteiger partial charge in [0.1, 0.15) is 12.4 Å². The van der Waals surface area contributed by atoms with Crippen molar-refractivity contribution < 1.29 is 26.5 Å². The van der Waals surface area contributed by atoms with Crippen LogP contribution in [0.5, 0.6) is 0 Å². The quantitative estimate of drug-likeness (QED) is 0.444. The topological polar surface area (TPSA) is 72.9 Å². The third kappa shape index (κ3) is 6.01. The molecular weight excluding hydrogens is 457 g/mol. The van der Waals surface area contributed by atoms with Crippen molar-refractivity contribution >= 4 is 16.2 Å². The maximum atomic E-state index is 13.5. The van der Waals surface area contributed by atoms with Gasteiger partial charge >= 0.3 is 6.09 Å². The highest BCUT2D eigenvalue weighted by molar-refractivity contribution is 7.86. The van der Waals surface area contributed by atoms with E-state index < -0.39 is 16.2 Å². The average molecular weight is 484 g/mol. The molecule has 1 aliphatic rings. The van der Waals surface area contributed by atoms with Gasteiger partial charge in [-0.1, -0.05) is 60.7 Å². The molecular formula is C26H26FNO5S. The highest BCUT2D eigenvalue weighted by Gasteiger charge is 2.34. The van der Waals surface area contributed by atoms with E-state index >= 15 is 0 Å². The van der Waals surface area contributed by atoms with E-state index in [1.807, 2.05) is 30.3 Å². The summed E-state index contributed by atoms with van der Waals surface area (Å²) in [5.41, 5.74) is 1.76. The van der Waals surface area contributed by atoms with Crippen LogP contribution in [-0.2, 0) is 25.6 Å². The summed E-state index contributed by atoms with van der Waals surface area (Å²) in [6.07, 6.45) is 0.114. The predicted octanol–water partition coefficient (Wildman–Crippen LogP) is 4.97. The van der Waals surface area contributed by atoms with E-state index in [1.54, 1.807) is 35.2 Å². The zero-order valence-electron chi connectivity index (χ0n) is 18.5. The number of hydrogen-bond acceptors (Lipinski definition) is 5. The van der Waals surface area contributed by atoms with Crippen LogP contribution in [0.25, 0.3) is 0 Å². The summed E-state index contributed by atoms with van der Waals surface area (Å²) < 4.78 is 49.7. The number of rotatable bonds is 7. The van der Waals surface area contributed by atoms with Crippen molar-refractivity contribution in [3.8, 4) is 0 Å². The van der Waals surface area contributed by atoms with Crippen LogP contribution >= 0.6 is 0 Å². The molecule has 1 amide bonds. The van der Waals surface area contributed by atoms with E-state index in [9.17, 15) is 17.6 Å². The lowest BCUT2D eigenvalue weighted by atomic mass is 9.81. The molecule has 1 saturated heterocycles. The normalized spacial score (nSPS) is 18.4. The van der Waals surface area contributed by atoms with Crippen LogP contribution in [-0.4, -0.2) is 39.1 Å². The van der Waals surface area contributed by atoms with Gasteiger partial charge in [0.25, 0.3) is 10.1 Å². The predicted molar refractivity (Wildman–Crippen MR) is 125 cm³/mol. The zero-order chi connectivity index (χ0) is 24.0. The van der Waals surface area contributed by atoms with Gasteiger partial charge in [0.15, 0.2) is 0 Å². The molecule has 34 heavy (non-hydrogen) atoms. The van der Waals surface area contributed by atoms with Gasteiger partial charge in [0, 0.05) is 19.0 Å². The Morgan fingerprint density at radius 3 is 2.26 bits per heavy atom. The van der Waals surface area contributed by atoms with Crippen LogP contribution in [0.15, 0.2) is 89.8 Å². The number of halogens is 1. The molecule has 3 aromatic carbocycles. The molecule has 1 aliphatic heterocycles. The van der Waals surface area contributed by atoms with Gasteiger partial charge in [-0.3, -0.25) is 4.18 Å². The van der Waals surface area contributed by atoms with E-state index in [0.717, 1.165) is 11.1 Å². The molecule has 0 N–H and O–H groups in total. The number of nitrogens with zero attached hydrogens (tertiary/aromatic N) is 1. The minimum absolute atomic E-state index is 0.0725. The molecule has 0 saturated carbocycles. The lowest BCUT2D eigenvalue weighted by Gasteiger charge is -2.38. The van der Waals surface area contributed by atoms with Gasteiger partial charge in [0.2, 0.25) is 0 Å². The molecule has 178 valence electrons. The van der Waals surface area contributed by atoms with Crippen molar-refractivity contribution in [2.75, 3.05) is 19.7 Å². The molecule has 0 radical (unpaired) electrons. The molecule has 0 aliphatic carbocycles. The molecule has 4 rings (SSSR count). The Kier molecular flexibility index (Phi) is 7.59. The molecule has 1 heterocycles. The minimum Gasteiger partial charge on any atom is -0.445 e. The number of benzene rings is 3. The minimum atomic E-state index is -3.95. The number of carbonyl (C=O) groups is 1. The van der Waals surface area contributed by atoms with Crippen molar-refractivity contribution in [1.82, 2.24) is 4.90 Å². The van der Waals surface area contributed by atoms with Crippen LogP contribution in [0.2, 0.25) is 0 Å². The van der Waals surface area contributed by atoms with Gasteiger partial charge in [-0.25, -0.2) is 9.18 Å². The number of ether oxygens (including phenoxy) is 1. The maximum Gasteiger partial charge on any atom is 0.410 e. The average Bonchev–Trinajstić information content (AvgIpc) is 2.87. The Morgan fingerprint density at radius 1 is 0.941 bits per heavy atom. The monoisotopic (exact) mass is 483 g/mol. The second-order valence-corrected chi connectivity index (χ2v) is 9.86. The second-order valence-electron chi connectivity index (χ2n) is 8.24. The van der Waals surface area contributed by atoms with Crippen molar-refractivity contribution in [2.45, 2.75) is 23.8 Å². The first-order valence-corrected chi connectivity index (χ1v) is 12.5. The first-order valence-electron chi connectivity index (χ1n) is 11.1. The fraction of sp³-hybridized carbons (Fsp3) is 0.269. The summed E-state index contributed by atoms with van der Waals surface area (Å²) in [6, 6.07) is 23.5. The van der Waals surface area contributed by atoms with Crippen molar-refractivity contribution in [3.05, 3.63) is 102 Å². The molecule has 0 bridgehead atoms. The lowest BCUT2D eigenvalue weighted by Crippen LogP contribution is -2.45. The first-order chi connectivity index (χ1) is 16.4. The number of carbonyl (C=O) groups excluding carboxylic acids is 1. The largest absolute Gasteiger partial charge is 0.445 e. The van der Waals surface area contributed by atoms with Crippen molar-refractivity contribution in [2.24, 2.45) is 5.92 Å². The molecule has 0 aromatic heterocycles. The highest BCUT2D eigenvalue weighted by Crippen LogP contribution is 2.34. The molecule has 0 unspecified atom stereocenters. The van der Waals surface area contributed by atoms with Gasteiger partial charge in [-0.2, -0.15) is 8.42 Å². The van der Waals surface area contributed by atoms with E-state index in [0.29, 0.717) is 13.0 Å². The van der Waals surface area contributed by atoms with E-state index in [1.165, 1.54) is 24.3 Å².